The minimum atomic E-state index is -1.84. The minimum Gasteiger partial charge on any atom is -0.306 e. The van der Waals surface area contributed by atoms with E-state index in [1.807, 2.05) is 18.2 Å². The van der Waals surface area contributed by atoms with Gasteiger partial charge in [-0.1, -0.05) is 93.8 Å². The van der Waals surface area contributed by atoms with Gasteiger partial charge in [-0.15, -0.1) is 0 Å². The molecule has 1 rings (SSSR count). The van der Waals surface area contributed by atoms with Crippen molar-refractivity contribution in [1.82, 2.24) is 0 Å². The van der Waals surface area contributed by atoms with Gasteiger partial charge in [-0.3, -0.25) is 4.21 Å². The molecule has 32 heavy (non-hydrogen) atoms. The first-order chi connectivity index (χ1) is 15.5. The SMILES string of the molecule is CCCCCCCCC=CCCCCCC(C=CS(=O)Cc1ccc(Cl)cc1)CS(=O)O. The molecule has 3 unspecified atom stereocenters. The molecular formula is C26H41ClO3S2. The predicted molar refractivity (Wildman–Crippen MR) is 142 cm³/mol. The number of halogens is 1. The van der Waals surface area contributed by atoms with Crippen molar-refractivity contribution in [2.24, 2.45) is 5.92 Å². The van der Waals surface area contributed by atoms with Crippen LogP contribution in [0.1, 0.15) is 89.5 Å². The Kier molecular flexibility index (Phi) is 18.0. The number of allylic oxidation sites excluding steroid dienone is 3. The summed E-state index contributed by atoms with van der Waals surface area (Å²) < 4.78 is 32.9. The zero-order chi connectivity index (χ0) is 23.4. The van der Waals surface area contributed by atoms with Crippen molar-refractivity contribution in [3.05, 3.63) is 58.5 Å². The van der Waals surface area contributed by atoms with E-state index in [1.165, 1.54) is 44.9 Å². The van der Waals surface area contributed by atoms with Gasteiger partial charge in [0.05, 0.1) is 11.5 Å². The smallest absolute Gasteiger partial charge is 0.153 e. The van der Waals surface area contributed by atoms with Gasteiger partial charge in [0.15, 0.2) is 11.1 Å². The van der Waals surface area contributed by atoms with E-state index in [1.54, 1.807) is 17.5 Å². The summed E-state index contributed by atoms with van der Waals surface area (Å²) in [5.41, 5.74) is 0.962. The van der Waals surface area contributed by atoms with Gasteiger partial charge in [-0.25, -0.2) is 4.21 Å². The molecule has 0 aliphatic rings. The molecule has 0 amide bonds. The standard InChI is InChI=1S/C26H41ClO3S2/c1-2-3-4-5-6-7-8-9-10-11-12-13-14-15-24(23-32(29)30)20-21-31(28)22-25-16-18-26(27)19-17-25/h9-10,16-21,24H,2-8,11-15,22-23H2,1H3,(H,29,30). The molecule has 0 saturated heterocycles. The summed E-state index contributed by atoms with van der Waals surface area (Å²) in [7, 11) is -1.14. The molecule has 0 fully saturated rings. The Morgan fingerprint density at radius 2 is 1.50 bits per heavy atom. The lowest BCUT2D eigenvalue weighted by Gasteiger charge is -2.10. The van der Waals surface area contributed by atoms with E-state index >= 15 is 0 Å². The lowest BCUT2D eigenvalue weighted by atomic mass is 10.0. The van der Waals surface area contributed by atoms with Crippen molar-refractivity contribution in [3.63, 3.8) is 0 Å². The van der Waals surface area contributed by atoms with Crippen LogP contribution < -0.4 is 0 Å². The van der Waals surface area contributed by atoms with Crippen LogP contribution in [0.5, 0.6) is 0 Å². The Balaban J connectivity index is 2.21. The van der Waals surface area contributed by atoms with Gasteiger partial charge in [-0.2, -0.15) is 0 Å². The summed E-state index contributed by atoms with van der Waals surface area (Å²) in [6, 6.07) is 7.32. The fraction of sp³-hybridized carbons (Fsp3) is 0.615. The second kappa shape index (κ2) is 19.7. The molecule has 1 aromatic rings. The number of benzene rings is 1. The molecule has 0 bridgehead atoms. The average Bonchev–Trinajstić information content (AvgIpc) is 2.76. The molecule has 3 atom stereocenters. The van der Waals surface area contributed by atoms with Crippen LogP contribution >= 0.6 is 11.6 Å². The molecule has 3 nitrogen and oxygen atoms in total. The Morgan fingerprint density at radius 1 is 0.906 bits per heavy atom. The summed E-state index contributed by atoms with van der Waals surface area (Å²) in [5, 5.41) is 2.34. The maximum absolute atomic E-state index is 12.3. The van der Waals surface area contributed by atoms with E-state index in [4.69, 9.17) is 11.6 Å². The van der Waals surface area contributed by atoms with Crippen LogP contribution in [-0.2, 0) is 27.6 Å². The third kappa shape index (κ3) is 16.8. The summed E-state index contributed by atoms with van der Waals surface area (Å²) in [6.07, 6.45) is 20.9. The van der Waals surface area contributed by atoms with Gasteiger partial charge < -0.3 is 4.55 Å². The fourth-order valence-electron chi connectivity index (χ4n) is 3.53. The largest absolute Gasteiger partial charge is 0.306 e. The zero-order valence-electron chi connectivity index (χ0n) is 19.6. The molecule has 0 radical (unpaired) electrons. The van der Waals surface area contributed by atoms with Crippen molar-refractivity contribution in [1.29, 1.82) is 0 Å². The quantitative estimate of drug-likeness (QED) is 0.118. The van der Waals surface area contributed by atoms with Gasteiger partial charge in [0.25, 0.3) is 0 Å². The van der Waals surface area contributed by atoms with Gasteiger partial charge in [0.2, 0.25) is 0 Å². The van der Waals surface area contributed by atoms with E-state index in [-0.39, 0.29) is 11.7 Å². The minimum absolute atomic E-state index is 0.0155. The van der Waals surface area contributed by atoms with Crippen LogP contribution in [0, 0.1) is 5.92 Å². The van der Waals surface area contributed by atoms with Crippen molar-refractivity contribution in [3.8, 4) is 0 Å². The highest BCUT2D eigenvalue weighted by Gasteiger charge is 2.09. The monoisotopic (exact) mass is 500 g/mol. The Hall–Kier alpha value is -0.750. The maximum Gasteiger partial charge on any atom is 0.153 e. The van der Waals surface area contributed by atoms with Crippen LogP contribution in [0.4, 0.5) is 0 Å². The lowest BCUT2D eigenvalue weighted by Crippen LogP contribution is -2.09. The number of rotatable bonds is 19. The summed E-state index contributed by atoms with van der Waals surface area (Å²) >= 11 is 4.04. The maximum atomic E-state index is 12.3. The number of hydrogen-bond acceptors (Lipinski definition) is 2. The van der Waals surface area contributed by atoms with Crippen LogP contribution in [0.15, 0.2) is 47.9 Å². The van der Waals surface area contributed by atoms with E-state index in [0.29, 0.717) is 10.8 Å². The molecule has 0 aliphatic heterocycles. The van der Waals surface area contributed by atoms with Gasteiger partial charge in [-0.05, 0) is 61.1 Å². The van der Waals surface area contributed by atoms with E-state index in [2.05, 4.69) is 19.1 Å². The highest BCUT2D eigenvalue weighted by atomic mass is 35.5. The van der Waals surface area contributed by atoms with Crippen LogP contribution in [0.2, 0.25) is 5.02 Å². The first-order valence-corrected chi connectivity index (χ1v) is 15.1. The van der Waals surface area contributed by atoms with Crippen LogP contribution in [0.3, 0.4) is 0 Å². The molecule has 0 heterocycles. The zero-order valence-corrected chi connectivity index (χ0v) is 21.9. The van der Waals surface area contributed by atoms with E-state index < -0.39 is 21.9 Å². The molecular weight excluding hydrogens is 460 g/mol. The van der Waals surface area contributed by atoms with Crippen molar-refractivity contribution in [2.45, 2.75) is 89.7 Å². The van der Waals surface area contributed by atoms with Crippen molar-refractivity contribution >= 4 is 33.5 Å². The second-order valence-corrected chi connectivity index (χ2v) is 11.1. The third-order valence-corrected chi connectivity index (χ3v) is 7.46. The highest BCUT2D eigenvalue weighted by Crippen LogP contribution is 2.16. The molecule has 0 aromatic heterocycles. The van der Waals surface area contributed by atoms with Gasteiger partial charge >= 0.3 is 0 Å². The first kappa shape index (κ1) is 29.3. The highest BCUT2D eigenvalue weighted by molar-refractivity contribution is 7.87. The van der Waals surface area contributed by atoms with Crippen LogP contribution in [0.25, 0.3) is 0 Å². The molecule has 0 saturated carbocycles. The molecule has 0 aliphatic carbocycles. The lowest BCUT2D eigenvalue weighted by molar-refractivity contribution is 0.530. The fourth-order valence-corrected chi connectivity index (χ4v) is 5.32. The normalized spacial score (nSPS) is 14.8. The molecule has 1 N–H and O–H groups in total. The van der Waals surface area contributed by atoms with Gasteiger partial charge in [0, 0.05) is 15.8 Å². The molecule has 0 spiro atoms. The first-order valence-electron chi connectivity index (χ1n) is 12.0. The van der Waals surface area contributed by atoms with E-state index in [9.17, 15) is 13.0 Å². The van der Waals surface area contributed by atoms with Crippen molar-refractivity contribution in [2.75, 3.05) is 5.75 Å². The van der Waals surface area contributed by atoms with Gasteiger partial charge in [0.1, 0.15) is 0 Å². The number of unbranched alkanes of at least 4 members (excludes halogenated alkanes) is 9. The average molecular weight is 501 g/mol. The topological polar surface area (TPSA) is 54.4 Å². The Bertz CT molecular complexity index is 702. The molecule has 182 valence electrons. The van der Waals surface area contributed by atoms with E-state index in [0.717, 1.165) is 37.7 Å². The Morgan fingerprint density at radius 3 is 2.12 bits per heavy atom. The second-order valence-electron chi connectivity index (χ2n) is 8.39. The molecule has 1 aromatic carbocycles. The summed E-state index contributed by atoms with van der Waals surface area (Å²) in [4.78, 5) is 0. The van der Waals surface area contributed by atoms with Crippen molar-refractivity contribution < 1.29 is 13.0 Å². The summed E-state index contributed by atoms with van der Waals surface area (Å²) in [6.45, 7) is 2.25. The van der Waals surface area contributed by atoms with Crippen LogP contribution in [-0.4, -0.2) is 18.7 Å². The summed E-state index contributed by atoms with van der Waals surface area (Å²) in [5.74, 6) is 0.610. The predicted octanol–water partition coefficient (Wildman–Crippen LogP) is 8.20. The molecule has 6 heteroatoms. The Labute approximate surface area is 205 Å². The third-order valence-electron chi connectivity index (χ3n) is 5.42. The number of hydrogen-bond donors (Lipinski definition) is 1.